The van der Waals surface area contributed by atoms with Gasteiger partial charge in [0.1, 0.15) is 13.2 Å². The number of carbonyl (C=O) groups excluding carboxylic acids is 4. The van der Waals surface area contributed by atoms with Gasteiger partial charge in [-0.05, 0) is 24.3 Å². The molecule has 0 aromatic heterocycles. The average Bonchev–Trinajstić information content (AvgIpc) is 3.08. The van der Waals surface area contributed by atoms with Crippen molar-refractivity contribution in [3.8, 4) is 11.5 Å². The number of para-hydroxylation sites is 2. The summed E-state index contributed by atoms with van der Waals surface area (Å²) in [6.45, 7) is 1.14. The maximum absolute atomic E-state index is 12.8. The Balaban J connectivity index is 1.16. The van der Waals surface area contributed by atoms with Crippen LogP contribution in [-0.4, -0.2) is 83.8 Å². The van der Waals surface area contributed by atoms with E-state index in [9.17, 15) is 19.2 Å². The van der Waals surface area contributed by atoms with Gasteiger partial charge in [0.2, 0.25) is 12.0 Å². The van der Waals surface area contributed by atoms with Crippen LogP contribution in [0.3, 0.4) is 0 Å². The third kappa shape index (κ3) is 3.45. The normalized spacial score (nSPS) is 19.8. The minimum absolute atomic E-state index is 0.134. The molecule has 0 bridgehead atoms. The lowest BCUT2D eigenvalue weighted by Crippen LogP contribution is -2.56. The molecule has 0 unspecified atom stereocenters. The molecule has 0 radical (unpaired) electrons. The van der Waals surface area contributed by atoms with Crippen molar-refractivity contribution in [1.82, 2.24) is 14.7 Å². The smallest absolute Gasteiger partial charge is 0.267 e. The van der Waals surface area contributed by atoms with Crippen molar-refractivity contribution in [2.24, 2.45) is 0 Å². The Kier molecular flexibility index (Phi) is 5.01. The van der Waals surface area contributed by atoms with Crippen molar-refractivity contribution in [1.29, 1.82) is 0 Å². The number of rotatable bonds is 3. The Morgan fingerprint density at radius 2 is 1.38 bits per heavy atom. The van der Waals surface area contributed by atoms with Gasteiger partial charge < -0.3 is 19.3 Å². The van der Waals surface area contributed by atoms with Crippen molar-refractivity contribution in [2.45, 2.75) is 6.10 Å². The van der Waals surface area contributed by atoms with Gasteiger partial charge in [0.05, 0.1) is 11.1 Å². The van der Waals surface area contributed by atoms with E-state index >= 15 is 0 Å². The molecule has 2 aromatic rings. The zero-order valence-corrected chi connectivity index (χ0v) is 17.2. The topological polar surface area (TPSA) is 96.5 Å². The molecule has 9 nitrogen and oxygen atoms in total. The second-order valence-corrected chi connectivity index (χ2v) is 7.81. The quantitative estimate of drug-likeness (QED) is 0.662. The van der Waals surface area contributed by atoms with Crippen LogP contribution in [0.1, 0.15) is 20.7 Å². The van der Waals surface area contributed by atoms with Gasteiger partial charge in [-0.15, -0.1) is 0 Å². The Morgan fingerprint density at radius 3 is 2.03 bits per heavy atom. The van der Waals surface area contributed by atoms with Gasteiger partial charge in [-0.2, -0.15) is 0 Å². The summed E-state index contributed by atoms with van der Waals surface area (Å²) in [7, 11) is 0. The minimum Gasteiger partial charge on any atom is -0.485 e. The first kappa shape index (κ1) is 20.0. The van der Waals surface area contributed by atoms with Gasteiger partial charge in [0.25, 0.3) is 17.7 Å². The summed E-state index contributed by atoms with van der Waals surface area (Å²) in [5.74, 6) is -0.276. The highest BCUT2D eigenvalue weighted by Gasteiger charge is 2.38. The van der Waals surface area contributed by atoms with Crippen LogP contribution >= 0.6 is 0 Å². The fourth-order valence-corrected chi connectivity index (χ4v) is 4.14. The number of piperazine rings is 1. The van der Waals surface area contributed by atoms with Crippen molar-refractivity contribution in [2.75, 3.05) is 39.3 Å². The van der Waals surface area contributed by atoms with Crippen LogP contribution in [0, 0.1) is 0 Å². The third-order valence-corrected chi connectivity index (χ3v) is 5.90. The maximum atomic E-state index is 12.8. The third-order valence-electron chi connectivity index (χ3n) is 5.90. The summed E-state index contributed by atoms with van der Waals surface area (Å²) in [5, 5.41) is 0. The number of benzene rings is 2. The first-order valence-electron chi connectivity index (χ1n) is 10.4. The van der Waals surface area contributed by atoms with E-state index in [0.29, 0.717) is 48.8 Å². The maximum Gasteiger partial charge on any atom is 0.267 e. The van der Waals surface area contributed by atoms with Crippen molar-refractivity contribution in [3.05, 3.63) is 59.7 Å². The highest BCUT2D eigenvalue weighted by molar-refractivity contribution is 6.22. The lowest BCUT2D eigenvalue weighted by atomic mass is 10.1. The lowest BCUT2D eigenvalue weighted by molar-refractivity contribution is -0.146. The molecule has 3 heterocycles. The Hall–Kier alpha value is -3.88. The van der Waals surface area contributed by atoms with Gasteiger partial charge in [-0.25, -0.2) is 0 Å². The highest BCUT2D eigenvalue weighted by atomic mass is 16.6. The van der Waals surface area contributed by atoms with Crippen molar-refractivity contribution < 1.29 is 28.7 Å². The van der Waals surface area contributed by atoms with Crippen molar-refractivity contribution in [3.63, 3.8) is 0 Å². The van der Waals surface area contributed by atoms with Gasteiger partial charge >= 0.3 is 0 Å². The second-order valence-electron chi connectivity index (χ2n) is 7.81. The predicted octanol–water partition coefficient (Wildman–Crippen LogP) is 0.793. The average molecular weight is 435 g/mol. The molecule has 164 valence electrons. The number of amides is 4. The van der Waals surface area contributed by atoms with Crippen LogP contribution in [0.25, 0.3) is 0 Å². The van der Waals surface area contributed by atoms with Gasteiger partial charge in [0, 0.05) is 26.2 Å². The predicted molar refractivity (Wildman–Crippen MR) is 111 cm³/mol. The number of fused-ring (bicyclic) bond motifs is 2. The molecule has 1 fully saturated rings. The van der Waals surface area contributed by atoms with E-state index < -0.39 is 17.9 Å². The molecule has 32 heavy (non-hydrogen) atoms. The fourth-order valence-electron chi connectivity index (χ4n) is 4.14. The van der Waals surface area contributed by atoms with Crippen molar-refractivity contribution >= 4 is 23.6 Å². The fraction of sp³-hybridized carbons (Fsp3) is 0.304. The van der Waals surface area contributed by atoms with Gasteiger partial charge in [0.15, 0.2) is 11.5 Å². The summed E-state index contributed by atoms with van der Waals surface area (Å²) in [6, 6.07) is 13.7. The largest absolute Gasteiger partial charge is 0.485 e. The molecule has 0 spiro atoms. The Morgan fingerprint density at radius 1 is 0.812 bits per heavy atom. The molecule has 9 heteroatoms. The van der Waals surface area contributed by atoms with Crippen LogP contribution in [0.15, 0.2) is 48.5 Å². The number of carbonyl (C=O) groups is 4. The summed E-state index contributed by atoms with van der Waals surface area (Å²) in [5.41, 5.74) is 0.633. The molecular weight excluding hydrogens is 414 g/mol. The Labute approximate surface area is 184 Å². The van der Waals surface area contributed by atoms with Crippen LogP contribution < -0.4 is 9.47 Å². The Bertz CT molecular complexity index is 1070. The molecule has 0 saturated carbocycles. The highest BCUT2D eigenvalue weighted by Crippen LogP contribution is 2.31. The van der Waals surface area contributed by atoms with E-state index in [4.69, 9.17) is 9.47 Å². The SMILES string of the molecule is O=C(CN1C(=O)c2ccccc2C1=O)N1CCN(C(=O)[C@H]2COc3ccccc3O2)CC1. The summed E-state index contributed by atoms with van der Waals surface area (Å²) in [4.78, 5) is 54.8. The van der Waals surface area contributed by atoms with E-state index in [1.165, 1.54) is 0 Å². The zero-order valence-electron chi connectivity index (χ0n) is 17.2. The minimum atomic E-state index is -0.731. The molecule has 2 aromatic carbocycles. The monoisotopic (exact) mass is 435 g/mol. The van der Waals surface area contributed by atoms with E-state index in [1.54, 1.807) is 46.2 Å². The van der Waals surface area contributed by atoms with E-state index in [0.717, 1.165) is 4.90 Å². The second kappa shape index (κ2) is 7.99. The molecule has 3 aliphatic heterocycles. The van der Waals surface area contributed by atoms with Crippen LogP contribution in [0.5, 0.6) is 11.5 Å². The van der Waals surface area contributed by atoms with Crippen LogP contribution in [-0.2, 0) is 9.59 Å². The standard InChI is InChI=1S/C23H21N3O6/c27-20(13-26-21(28)15-5-1-2-6-16(15)22(26)29)24-9-11-25(12-10-24)23(30)19-14-31-17-7-3-4-8-18(17)32-19/h1-8,19H,9-14H2/t19-/m1/s1. The molecular formula is C23H21N3O6. The molecule has 0 N–H and O–H groups in total. The van der Waals surface area contributed by atoms with Gasteiger partial charge in [-0.1, -0.05) is 24.3 Å². The molecule has 1 atom stereocenters. The molecule has 3 aliphatic rings. The van der Waals surface area contributed by atoms with E-state index in [1.807, 2.05) is 12.1 Å². The zero-order chi connectivity index (χ0) is 22.2. The molecule has 5 rings (SSSR count). The van der Waals surface area contributed by atoms with Gasteiger partial charge in [-0.3, -0.25) is 24.1 Å². The first-order chi connectivity index (χ1) is 15.5. The summed E-state index contributed by atoms with van der Waals surface area (Å²) < 4.78 is 11.4. The summed E-state index contributed by atoms with van der Waals surface area (Å²) >= 11 is 0. The van der Waals surface area contributed by atoms with Crippen LogP contribution in [0.4, 0.5) is 0 Å². The number of hydrogen-bond donors (Lipinski definition) is 0. The summed E-state index contributed by atoms with van der Waals surface area (Å²) in [6.07, 6.45) is -0.731. The van der Waals surface area contributed by atoms with E-state index in [-0.39, 0.29) is 25.0 Å². The number of nitrogens with zero attached hydrogens (tertiary/aromatic N) is 3. The molecule has 1 saturated heterocycles. The number of ether oxygens (including phenoxy) is 2. The van der Waals surface area contributed by atoms with E-state index in [2.05, 4.69) is 0 Å². The number of hydrogen-bond acceptors (Lipinski definition) is 6. The van der Waals surface area contributed by atoms with Crippen LogP contribution in [0.2, 0.25) is 0 Å². The number of imide groups is 1. The molecule has 0 aliphatic carbocycles. The lowest BCUT2D eigenvalue weighted by Gasteiger charge is -2.37. The molecule has 4 amide bonds. The first-order valence-corrected chi connectivity index (χ1v) is 10.4.